The van der Waals surface area contributed by atoms with E-state index in [1.165, 1.54) is 19.5 Å². The molecule has 7 heteroatoms. The van der Waals surface area contributed by atoms with Gasteiger partial charge in [-0.3, -0.25) is 19.6 Å². The van der Waals surface area contributed by atoms with Gasteiger partial charge in [-0.25, -0.2) is 0 Å². The van der Waals surface area contributed by atoms with Crippen molar-refractivity contribution in [2.75, 3.05) is 17.7 Å². The summed E-state index contributed by atoms with van der Waals surface area (Å²) in [4.78, 5) is 32.6. The van der Waals surface area contributed by atoms with Crippen LogP contribution in [0.4, 0.5) is 11.4 Å². The zero-order chi connectivity index (χ0) is 19.2. The first-order chi connectivity index (χ1) is 13.1. The molecule has 2 aromatic heterocycles. The van der Waals surface area contributed by atoms with Crippen molar-refractivity contribution >= 4 is 23.2 Å². The molecule has 0 saturated heterocycles. The maximum Gasteiger partial charge on any atom is 0.257 e. The summed E-state index contributed by atoms with van der Waals surface area (Å²) in [5.41, 5.74) is 2.74. The highest BCUT2D eigenvalue weighted by molar-refractivity contribution is 6.06. The first-order valence-electron chi connectivity index (χ1n) is 8.20. The molecule has 0 aliphatic heterocycles. The van der Waals surface area contributed by atoms with E-state index in [0.717, 1.165) is 5.56 Å². The Morgan fingerprint density at radius 1 is 0.889 bits per heavy atom. The first-order valence-corrected chi connectivity index (χ1v) is 8.20. The lowest BCUT2D eigenvalue weighted by Gasteiger charge is -2.15. The summed E-state index contributed by atoms with van der Waals surface area (Å²) in [5.74, 6) is -0.146. The van der Waals surface area contributed by atoms with Crippen LogP contribution < -0.4 is 15.4 Å². The Hall–Kier alpha value is -3.74. The molecular formula is C20H18N4O3. The number of nitrogens with zero attached hydrogens (tertiary/aromatic N) is 2. The standard InChI is InChI=1S/C20H18N4O3/c1-13-9-17(24-20(26)15-6-4-8-22-12-15)18(27-2)10-16(13)23-19(25)14-5-3-7-21-11-14/h3-12H,1-2H3,(H,23,25)(H,24,26). The SMILES string of the molecule is COc1cc(NC(=O)c2cccnc2)c(C)cc1NC(=O)c1cccnc1. The number of anilines is 2. The second-order valence-electron chi connectivity index (χ2n) is 5.76. The third kappa shape index (κ3) is 4.27. The van der Waals surface area contributed by atoms with Gasteiger partial charge in [-0.05, 0) is 42.8 Å². The topological polar surface area (TPSA) is 93.2 Å². The summed E-state index contributed by atoms with van der Waals surface area (Å²) in [5, 5.41) is 5.64. The van der Waals surface area contributed by atoms with Crippen molar-refractivity contribution in [3.05, 3.63) is 77.9 Å². The van der Waals surface area contributed by atoms with Crippen LogP contribution in [0.15, 0.2) is 61.2 Å². The van der Waals surface area contributed by atoms with Crippen molar-refractivity contribution in [2.24, 2.45) is 0 Å². The molecule has 27 heavy (non-hydrogen) atoms. The quantitative estimate of drug-likeness (QED) is 0.726. The molecule has 0 fully saturated rings. The first kappa shape index (κ1) is 18.1. The summed E-state index contributed by atoms with van der Waals surface area (Å²) in [6, 6.07) is 10.1. The van der Waals surface area contributed by atoms with Gasteiger partial charge in [-0.1, -0.05) is 0 Å². The highest BCUT2D eigenvalue weighted by atomic mass is 16.5. The van der Waals surface area contributed by atoms with Crippen LogP contribution in [0.3, 0.4) is 0 Å². The molecule has 0 spiro atoms. The van der Waals surface area contributed by atoms with Gasteiger partial charge >= 0.3 is 0 Å². The molecule has 3 aromatic rings. The van der Waals surface area contributed by atoms with Crippen LogP contribution in [0.1, 0.15) is 26.3 Å². The molecule has 2 N–H and O–H groups in total. The summed E-state index contributed by atoms with van der Waals surface area (Å²) >= 11 is 0. The van der Waals surface area contributed by atoms with E-state index in [9.17, 15) is 9.59 Å². The van der Waals surface area contributed by atoms with Crippen molar-refractivity contribution < 1.29 is 14.3 Å². The summed E-state index contributed by atoms with van der Waals surface area (Å²) in [6.07, 6.45) is 6.17. The molecule has 7 nitrogen and oxygen atoms in total. The van der Waals surface area contributed by atoms with Gasteiger partial charge in [-0.15, -0.1) is 0 Å². The van der Waals surface area contributed by atoms with Crippen LogP contribution in [0.2, 0.25) is 0 Å². The Labute approximate surface area is 156 Å². The molecule has 3 rings (SSSR count). The number of rotatable bonds is 5. The van der Waals surface area contributed by atoms with E-state index in [4.69, 9.17) is 4.74 Å². The average molecular weight is 362 g/mol. The van der Waals surface area contributed by atoms with E-state index in [2.05, 4.69) is 20.6 Å². The Morgan fingerprint density at radius 3 is 1.93 bits per heavy atom. The molecule has 0 aliphatic carbocycles. The minimum absolute atomic E-state index is 0.277. The number of amides is 2. The highest BCUT2D eigenvalue weighted by Crippen LogP contribution is 2.31. The zero-order valence-electron chi connectivity index (χ0n) is 14.9. The van der Waals surface area contributed by atoms with E-state index in [1.807, 2.05) is 6.92 Å². The minimum atomic E-state index is -0.298. The predicted octanol–water partition coefficient (Wildman–Crippen LogP) is 3.30. The summed E-state index contributed by atoms with van der Waals surface area (Å²) in [6.45, 7) is 1.83. The fourth-order valence-corrected chi connectivity index (χ4v) is 2.47. The molecule has 0 aliphatic rings. The maximum atomic E-state index is 12.4. The lowest BCUT2D eigenvalue weighted by molar-refractivity contribution is 0.101. The average Bonchev–Trinajstić information content (AvgIpc) is 2.71. The van der Waals surface area contributed by atoms with Crippen LogP contribution in [0, 0.1) is 6.92 Å². The van der Waals surface area contributed by atoms with Gasteiger partial charge in [0.25, 0.3) is 11.8 Å². The fourth-order valence-electron chi connectivity index (χ4n) is 2.47. The molecule has 2 amide bonds. The summed E-state index contributed by atoms with van der Waals surface area (Å²) < 4.78 is 5.37. The minimum Gasteiger partial charge on any atom is -0.494 e. The summed E-state index contributed by atoms with van der Waals surface area (Å²) in [7, 11) is 1.50. The van der Waals surface area contributed by atoms with E-state index in [-0.39, 0.29) is 11.8 Å². The molecule has 0 saturated carbocycles. The number of hydrogen-bond donors (Lipinski definition) is 2. The number of nitrogens with one attached hydrogen (secondary N) is 2. The van der Waals surface area contributed by atoms with E-state index >= 15 is 0 Å². The second kappa shape index (κ2) is 8.09. The van der Waals surface area contributed by atoms with Crippen molar-refractivity contribution in [1.29, 1.82) is 0 Å². The van der Waals surface area contributed by atoms with Crippen LogP contribution in [0.25, 0.3) is 0 Å². The lowest BCUT2D eigenvalue weighted by atomic mass is 10.1. The maximum absolute atomic E-state index is 12.4. The Balaban J connectivity index is 1.83. The van der Waals surface area contributed by atoms with Gasteiger partial charge < -0.3 is 15.4 Å². The largest absolute Gasteiger partial charge is 0.494 e. The van der Waals surface area contributed by atoms with Gasteiger partial charge in [0.15, 0.2) is 0 Å². The highest BCUT2D eigenvalue weighted by Gasteiger charge is 2.14. The molecule has 2 heterocycles. The van der Waals surface area contributed by atoms with Gasteiger partial charge in [0.05, 0.1) is 23.9 Å². The number of ether oxygens (including phenoxy) is 1. The van der Waals surface area contributed by atoms with Gasteiger partial charge in [0, 0.05) is 36.5 Å². The normalized spacial score (nSPS) is 10.1. The predicted molar refractivity (Wildman–Crippen MR) is 102 cm³/mol. The van der Waals surface area contributed by atoms with Crippen LogP contribution in [-0.2, 0) is 0 Å². The molecule has 136 valence electrons. The smallest absolute Gasteiger partial charge is 0.257 e. The van der Waals surface area contributed by atoms with Crippen molar-refractivity contribution in [3.63, 3.8) is 0 Å². The molecule has 0 atom stereocenters. The Morgan fingerprint density at radius 2 is 1.44 bits per heavy atom. The lowest BCUT2D eigenvalue weighted by Crippen LogP contribution is -2.15. The number of hydrogen-bond acceptors (Lipinski definition) is 5. The number of carbonyl (C=O) groups excluding carboxylic acids is 2. The molecular weight excluding hydrogens is 344 g/mol. The van der Waals surface area contributed by atoms with Crippen molar-refractivity contribution in [2.45, 2.75) is 6.92 Å². The number of methoxy groups -OCH3 is 1. The van der Waals surface area contributed by atoms with Crippen LogP contribution in [0.5, 0.6) is 5.75 Å². The second-order valence-corrected chi connectivity index (χ2v) is 5.76. The fraction of sp³-hybridized carbons (Fsp3) is 0.100. The third-order valence-corrected chi connectivity index (χ3v) is 3.89. The van der Waals surface area contributed by atoms with Gasteiger partial charge in [0.1, 0.15) is 5.75 Å². The monoisotopic (exact) mass is 362 g/mol. The Bertz CT molecular complexity index is 960. The molecule has 0 bridgehead atoms. The number of aromatic nitrogens is 2. The van der Waals surface area contributed by atoms with Crippen molar-refractivity contribution in [3.8, 4) is 5.75 Å². The molecule has 0 radical (unpaired) electrons. The Kier molecular flexibility index (Phi) is 5.41. The number of aryl methyl sites for hydroxylation is 1. The number of carbonyl (C=O) groups is 2. The number of pyridine rings is 2. The van der Waals surface area contributed by atoms with E-state index < -0.39 is 0 Å². The van der Waals surface area contributed by atoms with E-state index in [0.29, 0.717) is 28.3 Å². The van der Waals surface area contributed by atoms with E-state index in [1.54, 1.807) is 48.8 Å². The van der Waals surface area contributed by atoms with Gasteiger partial charge in [0.2, 0.25) is 0 Å². The molecule has 0 unspecified atom stereocenters. The van der Waals surface area contributed by atoms with Crippen LogP contribution in [-0.4, -0.2) is 28.9 Å². The zero-order valence-corrected chi connectivity index (χ0v) is 14.9. The van der Waals surface area contributed by atoms with Crippen molar-refractivity contribution in [1.82, 2.24) is 9.97 Å². The van der Waals surface area contributed by atoms with Crippen LogP contribution >= 0.6 is 0 Å². The molecule has 1 aromatic carbocycles. The third-order valence-electron chi connectivity index (χ3n) is 3.89. The number of benzene rings is 1. The van der Waals surface area contributed by atoms with Gasteiger partial charge in [-0.2, -0.15) is 0 Å².